The van der Waals surface area contributed by atoms with Gasteiger partial charge in [0.25, 0.3) is 0 Å². The highest BCUT2D eigenvalue weighted by Crippen LogP contribution is 2.27. The zero-order valence-electron chi connectivity index (χ0n) is 12.0. The summed E-state index contributed by atoms with van der Waals surface area (Å²) in [6.45, 7) is -0.0645. The highest BCUT2D eigenvalue weighted by Gasteiger charge is 2.34. The first-order valence-electron chi connectivity index (χ1n) is 7.02. The van der Waals surface area contributed by atoms with E-state index in [4.69, 9.17) is 5.73 Å². The first-order valence-corrected chi connectivity index (χ1v) is 8.46. The van der Waals surface area contributed by atoms with Crippen LogP contribution in [0.1, 0.15) is 31.2 Å². The summed E-state index contributed by atoms with van der Waals surface area (Å²) in [7, 11) is -2.31. The molecule has 5 nitrogen and oxygen atoms in total. The maximum Gasteiger partial charge on any atom is 0.243 e. The lowest BCUT2D eigenvalue weighted by Crippen LogP contribution is -2.46. The van der Waals surface area contributed by atoms with Crippen molar-refractivity contribution < 1.29 is 17.9 Å². The van der Waals surface area contributed by atoms with E-state index in [0.717, 1.165) is 18.9 Å². The highest BCUT2D eigenvalue weighted by molar-refractivity contribution is 7.89. The van der Waals surface area contributed by atoms with Crippen LogP contribution < -0.4 is 5.73 Å². The van der Waals surface area contributed by atoms with E-state index in [-0.39, 0.29) is 17.0 Å². The zero-order valence-corrected chi connectivity index (χ0v) is 12.8. The molecular formula is C14H21FN2O3S. The fourth-order valence-electron chi connectivity index (χ4n) is 2.73. The first kappa shape index (κ1) is 16.4. The van der Waals surface area contributed by atoms with Crippen molar-refractivity contribution in [2.45, 2.75) is 49.3 Å². The van der Waals surface area contributed by atoms with Gasteiger partial charge in [0.1, 0.15) is 5.82 Å². The molecule has 1 aromatic carbocycles. The quantitative estimate of drug-likeness (QED) is 0.874. The van der Waals surface area contributed by atoms with Crippen molar-refractivity contribution in [2.75, 3.05) is 7.05 Å². The summed E-state index contributed by atoms with van der Waals surface area (Å²) < 4.78 is 39.9. The number of likely N-dealkylation sites (N-methyl/N-ethyl adjacent to an activating group) is 1. The number of rotatable bonds is 4. The Morgan fingerprint density at radius 2 is 2.05 bits per heavy atom. The number of nitrogens with zero attached hydrogens (tertiary/aromatic N) is 1. The third-order valence-electron chi connectivity index (χ3n) is 4.08. The molecule has 2 unspecified atom stereocenters. The van der Waals surface area contributed by atoms with Gasteiger partial charge in [0.15, 0.2) is 0 Å². The molecular weight excluding hydrogens is 295 g/mol. The van der Waals surface area contributed by atoms with Crippen LogP contribution in [0, 0.1) is 5.82 Å². The van der Waals surface area contributed by atoms with Crippen molar-refractivity contribution in [2.24, 2.45) is 5.73 Å². The van der Waals surface area contributed by atoms with Gasteiger partial charge in [-0.15, -0.1) is 0 Å². The number of aliphatic hydroxyl groups excluding tert-OH is 1. The lowest BCUT2D eigenvalue weighted by atomic mass is 9.93. The molecule has 7 heteroatoms. The van der Waals surface area contributed by atoms with Crippen molar-refractivity contribution in [3.05, 3.63) is 29.6 Å². The van der Waals surface area contributed by atoms with Gasteiger partial charge in [0.2, 0.25) is 10.0 Å². The molecule has 1 aromatic rings. The van der Waals surface area contributed by atoms with Crippen molar-refractivity contribution >= 4 is 10.0 Å². The van der Waals surface area contributed by atoms with E-state index in [1.54, 1.807) is 0 Å². The van der Waals surface area contributed by atoms with Gasteiger partial charge in [0.05, 0.1) is 17.0 Å². The molecule has 3 N–H and O–H groups in total. The number of hydrogen-bond donors (Lipinski definition) is 2. The van der Waals surface area contributed by atoms with Crippen LogP contribution in [-0.2, 0) is 16.6 Å². The number of sulfonamides is 1. The van der Waals surface area contributed by atoms with Crippen LogP contribution in [0.3, 0.4) is 0 Å². The Balaban J connectivity index is 2.32. The molecule has 0 bridgehead atoms. The molecule has 0 aliphatic heterocycles. The fourth-order valence-corrected chi connectivity index (χ4v) is 4.19. The molecule has 0 aromatic heterocycles. The molecule has 0 heterocycles. The number of halogens is 1. The van der Waals surface area contributed by atoms with E-state index in [2.05, 4.69) is 0 Å². The van der Waals surface area contributed by atoms with Crippen LogP contribution in [-0.4, -0.2) is 37.0 Å². The van der Waals surface area contributed by atoms with E-state index in [1.165, 1.54) is 23.5 Å². The normalized spacial score (nSPS) is 23.5. The van der Waals surface area contributed by atoms with Crippen molar-refractivity contribution in [1.29, 1.82) is 0 Å². The Morgan fingerprint density at radius 1 is 1.38 bits per heavy atom. The highest BCUT2D eigenvalue weighted by atomic mass is 32.2. The Kier molecular flexibility index (Phi) is 4.98. The topological polar surface area (TPSA) is 83.6 Å². The lowest BCUT2D eigenvalue weighted by Gasteiger charge is -2.34. The molecule has 1 aliphatic carbocycles. The first-order chi connectivity index (χ1) is 9.87. The summed E-state index contributed by atoms with van der Waals surface area (Å²) in [6, 6.07) is 3.17. The molecule has 21 heavy (non-hydrogen) atoms. The minimum atomic E-state index is -3.77. The number of benzene rings is 1. The van der Waals surface area contributed by atoms with E-state index < -0.39 is 28.0 Å². The number of nitrogens with two attached hydrogens (primary N) is 1. The lowest BCUT2D eigenvalue weighted by molar-refractivity contribution is 0.0638. The second-order valence-corrected chi connectivity index (χ2v) is 7.40. The molecule has 118 valence electrons. The monoisotopic (exact) mass is 316 g/mol. The molecule has 2 atom stereocenters. The van der Waals surface area contributed by atoms with Gasteiger partial charge in [-0.05, 0) is 31.0 Å². The second kappa shape index (κ2) is 6.39. The average Bonchev–Trinajstić information content (AvgIpc) is 2.47. The van der Waals surface area contributed by atoms with Crippen molar-refractivity contribution in [1.82, 2.24) is 4.31 Å². The van der Waals surface area contributed by atoms with Gasteiger partial charge < -0.3 is 10.8 Å². The molecule has 1 aliphatic rings. The van der Waals surface area contributed by atoms with Crippen LogP contribution in [0.25, 0.3) is 0 Å². The standard InChI is InChI=1S/C14H21FN2O3S/c1-17(13-4-2-3-5-14(13)18)21(19,20)11-6-7-12(15)10(8-11)9-16/h6-8,13-14,18H,2-5,9,16H2,1H3. The molecule has 0 saturated heterocycles. The number of aliphatic hydroxyl groups is 1. The van der Waals surface area contributed by atoms with Crippen molar-refractivity contribution in [3.63, 3.8) is 0 Å². The van der Waals surface area contributed by atoms with Crippen LogP contribution in [0.5, 0.6) is 0 Å². The molecule has 1 fully saturated rings. The van der Waals surface area contributed by atoms with Crippen molar-refractivity contribution in [3.8, 4) is 0 Å². The summed E-state index contributed by atoms with van der Waals surface area (Å²) in [6.07, 6.45) is 2.36. The van der Waals surface area contributed by atoms with Crippen LogP contribution >= 0.6 is 0 Å². The van der Waals surface area contributed by atoms with Crippen LogP contribution in [0.15, 0.2) is 23.1 Å². The predicted molar refractivity (Wildman–Crippen MR) is 77.5 cm³/mol. The minimum Gasteiger partial charge on any atom is -0.391 e. The third kappa shape index (κ3) is 3.26. The van der Waals surface area contributed by atoms with Gasteiger partial charge in [-0.3, -0.25) is 0 Å². The Bertz CT molecular complexity index is 606. The van der Waals surface area contributed by atoms with E-state index >= 15 is 0 Å². The molecule has 0 amide bonds. The Labute approximate surface area is 124 Å². The van der Waals surface area contributed by atoms with E-state index in [9.17, 15) is 17.9 Å². The summed E-state index contributed by atoms with van der Waals surface area (Å²) in [5.74, 6) is -0.517. The minimum absolute atomic E-state index is 0.00428. The van der Waals surface area contributed by atoms with Gasteiger partial charge in [0, 0.05) is 19.2 Å². The smallest absolute Gasteiger partial charge is 0.243 e. The van der Waals surface area contributed by atoms with E-state index in [0.29, 0.717) is 12.8 Å². The SMILES string of the molecule is CN(C1CCCCC1O)S(=O)(=O)c1ccc(F)c(CN)c1. The second-order valence-electron chi connectivity index (χ2n) is 5.40. The summed E-state index contributed by atoms with van der Waals surface area (Å²) >= 11 is 0. The predicted octanol–water partition coefficient (Wildman–Crippen LogP) is 1.21. The average molecular weight is 316 g/mol. The Morgan fingerprint density at radius 3 is 2.67 bits per heavy atom. The molecule has 2 rings (SSSR count). The van der Waals surface area contributed by atoms with Gasteiger partial charge in [-0.2, -0.15) is 4.31 Å². The maximum atomic E-state index is 13.4. The van der Waals surface area contributed by atoms with E-state index in [1.807, 2.05) is 0 Å². The fraction of sp³-hybridized carbons (Fsp3) is 0.571. The number of hydrogen-bond acceptors (Lipinski definition) is 4. The van der Waals surface area contributed by atoms with Gasteiger partial charge >= 0.3 is 0 Å². The third-order valence-corrected chi connectivity index (χ3v) is 5.95. The summed E-state index contributed by atoms with van der Waals surface area (Å²) in [5.41, 5.74) is 5.58. The van der Waals surface area contributed by atoms with Gasteiger partial charge in [-0.1, -0.05) is 12.8 Å². The molecule has 1 saturated carbocycles. The van der Waals surface area contributed by atoms with Crippen LogP contribution in [0.4, 0.5) is 4.39 Å². The zero-order chi connectivity index (χ0) is 15.6. The summed E-state index contributed by atoms with van der Waals surface area (Å²) in [4.78, 5) is 0.00428. The van der Waals surface area contributed by atoms with Crippen LogP contribution in [0.2, 0.25) is 0 Å². The van der Waals surface area contributed by atoms with Gasteiger partial charge in [-0.25, -0.2) is 12.8 Å². The largest absolute Gasteiger partial charge is 0.391 e. The molecule has 0 radical (unpaired) electrons. The summed E-state index contributed by atoms with van der Waals surface area (Å²) in [5, 5.41) is 10.0. The Hall–Kier alpha value is -1.02. The maximum absolute atomic E-state index is 13.4. The molecule has 0 spiro atoms.